The number of esters is 1. The zero-order valence-corrected chi connectivity index (χ0v) is 9.14. The van der Waals surface area contributed by atoms with Crippen molar-refractivity contribution in [1.29, 1.82) is 0 Å². The van der Waals surface area contributed by atoms with Gasteiger partial charge in [-0.2, -0.15) is 0 Å². The van der Waals surface area contributed by atoms with E-state index in [1.807, 2.05) is 0 Å². The molecule has 0 unspecified atom stereocenters. The molecule has 0 aromatic carbocycles. The molecule has 0 spiro atoms. The molecule has 0 radical (unpaired) electrons. The highest BCUT2D eigenvalue weighted by molar-refractivity contribution is 5.89. The molecule has 0 aliphatic rings. The number of allylic oxidation sites excluding steroid dienone is 2. The number of rotatable bonds is 4. The van der Waals surface area contributed by atoms with Gasteiger partial charge in [-0.05, 0) is 12.1 Å². The van der Waals surface area contributed by atoms with Gasteiger partial charge in [0, 0.05) is 18.0 Å². The Bertz CT molecular complexity index is 412. The van der Waals surface area contributed by atoms with Gasteiger partial charge in [-0.15, -0.1) is 0 Å². The third-order valence-corrected chi connectivity index (χ3v) is 1.76. The number of ether oxygens (including phenoxy) is 2. The van der Waals surface area contributed by atoms with Crippen molar-refractivity contribution in [3.8, 4) is 0 Å². The Labute approximate surface area is 93.4 Å². The van der Waals surface area contributed by atoms with E-state index >= 15 is 0 Å². The van der Waals surface area contributed by atoms with E-state index < -0.39 is 5.97 Å². The van der Waals surface area contributed by atoms with Gasteiger partial charge in [0.25, 0.3) is 0 Å². The molecule has 0 atom stereocenters. The Morgan fingerprint density at radius 2 is 1.94 bits per heavy atom. The van der Waals surface area contributed by atoms with Gasteiger partial charge in [-0.3, -0.25) is 0 Å². The minimum atomic E-state index is -0.570. The van der Waals surface area contributed by atoms with Crippen LogP contribution in [0, 0.1) is 0 Å². The number of hydrogen-bond donors (Lipinski definition) is 0. The van der Waals surface area contributed by atoms with Crippen LogP contribution in [0.4, 0.5) is 0 Å². The number of carbonyl (C=O) groups is 1. The van der Waals surface area contributed by atoms with Crippen molar-refractivity contribution in [2.45, 2.75) is 0 Å². The van der Waals surface area contributed by atoms with Crippen LogP contribution in [0.25, 0.3) is 5.57 Å². The molecular weight excluding hydrogens is 208 g/mol. The van der Waals surface area contributed by atoms with Crippen molar-refractivity contribution >= 4 is 11.5 Å². The Morgan fingerprint density at radius 1 is 1.31 bits per heavy atom. The van der Waals surface area contributed by atoms with Gasteiger partial charge in [0.2, 0.25) is 5.76 Å². The fourth-order valence-electron chi connectivity index (χ4n) is 0.989. The van der Waals surface area contributed by atoms with Crippen LogP contribution in [0.2, 0.25) is 0 Å². The third kappa shape index (κ3) is 2.91. The Balaban J connectivity index is 2.91. The fraction of sp³-hybridized carbons (Fsp3) is 0.182. The highest BCUT2D eigenvalue weighted by Gasteiger charge is 2.10. The summed E-state index contributed by atoms with van der Waals surface area (Å²) in [7, 11) is 2.65. The van der Waals surface area contributed by atoms with Crippen molar-refractivity contribution in [2.24, 2.45) is 0 Å². The van der Waals surface area contributed by atoms with E-state index in [0.717, 1.165) is 0 Å². The van der Waals surface area contributed by atoms with Gasteiger partial charge in [-0.1, -0.05) is 6.58 Å². The molecule has 0 aliphatic heterocycles. The lowest BCUT2D eigenvalue weighted by Crippen LogP contribution is -2.06. The minimum Gasteiger partial charge on any atom is -0.490 e. The zero-order valence-electron chi connectivity index (χ0n) is 9.14. The molecule has 1 rings (SSSR count). The monoisotopic (exact) mass is 220 g/mol. The van der Waals surface area contributed by atoms with Gasteiger partial charge >= 0.3 is 5.97 Å². The fourth-order valence-corrected chi connectivity index (χ4v) is 0.989. The number of hydrogen-bond acceptors (Lipinski definition) is 5. The largest absolute Gasteiger partial charge is 0.490 e. The van der Waals surface area contributed by atoms with E-state index in [1.54, 1.807) is 18.5 Å². The first-order valence-corrected chi connectivity index (χ1v) is 4.49. The highest BCUT2D eigenvalue weighted by atomic mass is 16.6. The number of carbonyl (C=O) groups excluding carboxylic acids is 1. The van der Waals surface area contributed by atoms with E-state index in [2.05, 4.69) is 21.3 Å². The maximum Gasteiger partial charge on any atom is 0.373 e. The van der Waals surface area contributed by atoms with E-state index in [9.17, 15) is 4.79 Å². The van der Waals surface area contributed by atoms with Crippen molar-refractivity contribution in [2.75, 3.05) is 14.2 Å². The molecule has 0 N–H and O–H groups in total. The third-order valence-electron chi connectivity index (χ3n) is 1.76. The second-order valence-electron chi connectivity index (χ2n) is 2.80. The summed E-state index contributed by atoms with van der Waals surface area (Å²) in [5.41, 5.74) is 0.475. The first-order valence-electron chi connectivity index (χ1n) is 4.49. The first kappa shape index (κ1) is 11.9. The number of aromatic nitrogens is 2. The Kier molecular flexibility index (Phi) is 4.20. The van der Waals surface area contributed by atoms with Gasteiger partial charge in [0.05, 0.1) is 14.2 Å². The molecule has 0 amide bonds. The maximum absolute atomic E-state index is 11.2. The lowest BCUT2D eigenvalue weighted by atomic mass is 10.2. The van der Waals surface area contributed by atoms with Gasteiger partial charge < -0.3 is 9.47 Å². The summed E-state index contributed by atoms with van der Waals surface area (Å²) in [4.78, 5) is 19.2. The Morgan fingerprint density at radius 3 is 2.44 bits per heavy atom. The molecular formula is C11H12N2O3. The quantitative estimate of drug-likeness (QED) is 0.330. The molecule has 1 aromatic rings. The predicted molar refractivity (Wildman–Crippen MR) is 58.2 cm³/mol. The summed E-state index contributed by atoms with van der Waals surface area (Å²) in [5.74, 6) is -0.0829. The molecule has 0 saturated carbocycles. The molecule has 0 saturated heterocycles. The molecule has 84 valence electrons. The van der Waals surface area contributed by atoms with Crippen LogP contribution < -0.4 is 0 Å². The normalized spacial score (nSPS) is 10.8. The van der Waals surface area contributed by atoms with Crippen molar-refractivity contribution < 1.29 is 14.3 Å². The second kappa shape index (κ2) is 5.65. The van der Waals surface area contributed by atoms with Crippen molar-refractivity contribution in [3.05, 3.63) is 42.7 Å². The molecule has 0 bridgehead atoms. The van der Waals surface area contributed by atoms with E-state index in [4.69, 9.17) is 4.74 Å². The maximum atomic E-state index is 11.2. The van der Waals surface area contributed by atoms with Crippen LogP contribution in [-0.4, -0.2) is 30.2 Å². The SMILES string of the molecule is C=C(C=C(OC)C(=O)OC)c1ncccn1. The number of methoxy groups -OCH3 is 2. The predicted octanol–water partition coefficient (Wildman–Crippen LogP) is 1.19. The molecule has 16 heavy (non-hydrogen) atoms. The molecule has 5 nitrogen and oxygen atoms in total. The van der Waals surface area contributed by atoms with Crippen molar-refractivity contribution in [1.82, 2.24) is 9.97 Å². The average Bonchev–Trinajstić information content (AvgIpc) is 2.35. The second-order valence-corrected chi connectivity index (χ2v) is 2.80. The highest BCUT2D eigenvalue weighted by Crippen LogP contribution is 2.11. The van der Waals surface area contributed by atoms with Crippen molar-refractivity contribution in [3.63, 3.8) is 0 Å². The van der Waals surface area contributed by atoms with Gasteiger partial charge in [0.1, 0.15) is 0 Å². The summed E-state index contributed by atoms with van der Waals surface area (Å²) in [6.07, 6.45) is 4.61. The zero-order chi connectivity index (χ0) is 12.0. The van der Waals surface area contributed by atoms with Crippen LogP contribution in [0.1, 0.15) is 5.82 Å². The topological polar surface area (TPSA) is 61.3 Å². The van der Waals surface area contributed by atoms with Crippen LogP contribution in [0.3, 0.4) is 0 Å². The van der Waals surface area contributed by atoms with Crippen LogP contribution in [-0.2, 0) is 14.3 Å². The summed E-state index contributed by atoms with van der Waals surface area (Å²) in [5, 5.41) is 0. The van der Waals surface area contributed by atoms with E-state index in [0.29, 0.717) is 11.4 Å². The summed E-state index contributed by atoms with van der Waals surface area (Å²) in [6.45, 7) is 3.74. The summed E-state index contributed by atoms with van der Waals surface area (Å²) >= 11 is 0. The van der Waals surface area contributed by atoms with E-state index in [1.165, 1.54) is 20.3 Å². The molecule has 0 aliphatic carbocycles. The molecule has 1 heterocycles. The summed E-state index contributed by atoms with van der Waals surface area (Å²) in [6, 6.07) is 1.69. The van der Waals surface area contributed by atoms with Gasteiger partial charge in [-0.25, -0.2) is 14.8 Å². The first-order chi connectivity index (χ1) is 7.69. The van der Waals surface area contributed by atoms with E-state index in [-0.39, 0.29) is 5.76 Å². The van der Waals surface area contributed by atoms with Crippen LogP contribution in [0.15, 0.2) is 36.9 Å². The smallest absolute Gasteiger partial charge is 0.373 e. The molecule has 0 fully saturated rings. The minimum absolute atomic E-state index is 0.0555. The lowest BCUT2D eigenvalue weighted by molar-refractivity contribution is -0.139. The van der Waals surface area contributed by atoms with Crippen LogP contribution in [0.5, 0.6) is 0 Å². The lowest BCUT2D eigenvalue weighted by Gasteiger charge is -2.04. The molecule has 5 heteroatoms. The number of nitrogens with zero attached hydrogens (tertiary/aromatic N) is 2. The standard InChI is InChI=1S/C11H12N2O3/c1-8(10-12-5-4-6-13-10)7-9(15-2)11(14)16-3/h4-7H,1H2,2-3H3. The van der Waals surface area contributed by atoms with Crippen LogP contribution >= 0.6 is 0 Å². The van der Waals surface area contributed by atoms with Gasteiger partial charge in [0.15, 0.2) is 5.82 Å². The molecule has 1 aromatic heterocycles. The average molecular weight is 220 g/mol. The summed E-state index contributed by atoms with van der Waals surface area (Å²) < 4.78 is 9.39. The Hall–Kier alpha value is -2.17.